The maximum Gasteiger partial charge on any atom is 0.270 e. The molecule has 2 aromatic heterocycles. The Bertz CT molecular complexity index is 618. The highest BCUT2D eigenvalue weighted by Gasteiger charge is 2.25. The molecule has 3 rings (SSSR count). The van der Waals surface area contributed by atoms with Gasteiger partial charge in [0.25, 0.3) is 5.91 Å². The SMILES string of the molecule is Cc1nc(-c2c[nH]c(C(=O)N3CCNCC3C)c2)cs1. The smallest absolute Gasteiger partial charge is 0.270 e. The van der Waals surface area contributed by atoms with Crippen molar-refractivity contribution in [2.45, 2.75) is 19.9 Å². The Morgan fingerprint density at radius 1 is 1.55 bits per heavy atom. The minimum absolute atomic E-state index is 0.0669. The zero-order chi connectivity index (χ0) is 14.1. The number of H-pyrrole nitrogens is 1. The molecule has 0 bridgehead atoms. The second-order valence-electron chi connectivity index (χ2n) is 5.11. The summed E-state index contributed by atoms with van der Waals surface area (Å²) >= 11 is 1.62. The molecule has 1 aliphatic rings. The molecule has 5 nitrogen and oxygen atoms in total. The number of piperazine rings is 1. The summed E-state index contributed by atoms with van der Waals surface area (Å²) in [7, 11) is 0. The van der Waals surface area contributed by atoms with Gasteiger partial charge in [0.1, 0.15) is 5.69 Å². The molecule has 0 aliphatic carbocycles. The van der Waals surface area contributed by atoms with Crippen LogP contribution in [-0.2, 0) is 0 Å². The molecule has 1 saturated heterocycles. The quantitative estimate of drug-likeness (QED) is 0.888. The van der Waals surface area contributed by atoms with Crippen LogP contribution in [0.1, 0.15) is 22.4 Å². The Morgan fingerprint density at radius 2 is 2.40 bits per heavy atom. The van der Waals surface area contributed by atoms with Crippen LogP contribution < -0.4 is 5.32 Å². The molecule has 0 aromatic carbocycles. The average Bonchev–Trinajstić information content (AvgIpc) is 3.07. The number of nitrogens with one attached hydrogen (secondary N) is 2. The predicted molar refractivity (Wildman–Crippen MR) is 80.0 cm³/mol. The molecule has 0 radical (unpaired) electrons. The lowest BCUT2D eigenvalue weighted by molar-refractivity contribution is 0.0650. The van der Waals surface area contributed by atoms with Gasteiger partial charge >= 0.3 is 0 Å². The summed E-state index contributed by atoms with van der Waals surface area (Å²) < 4.78 is 0. The number of thiazole rings is 1. The summed E-state index contributed by atoms with van der Waals surface area (Å²) in [5.74, 6) is 0.0669. The molecule has 1 atom stereocenters. The molecule has 2 N–H and O–H groups in total. The number of carbonyl (C=O) groups is 1. The van der Waals surface area contributed by atoms with E-state index in [1.807, 2.05) is 29.5 Å². The molecule has 3 heterocycles. The number of aryl methyl sites for hydroxylation is 1. The van der Waals surface area contributed by atoms with Crippen molar-refractivity contribution in [3.05, 3.63) is 28.3 Å². The van der Waals surface area contributed by atoms with Gasteiger partial charge in [0.05, 0.1) is 10.7 Å². The Hall–Kier alpha value is -1.66. The molecule has 20 heavy (non-hydrogen) atoms. The van der Waals surface area contributed by atoms with Crippen LogP contribution in [0.2, 0.25) is 0 Å². The minimum atomic E-state index is 0.0669. The van der Waals surface area contributed by atoms with Gasteiger partial charge in [0.15, 0.2) is 0 Å². The molecule has 2 aromatic rings. The van der Waals surface area contributed by atoms with E-state index in [1.54, 1.807) is 11.3 Å². The largest absolute Gasteiger partial charge is 0.357 e. The summed E-state index contributed by atoms with van der Waals surface area (Å²) in [5.41, 5.74) is 2.54. The van der Waals surface area contributed by atoms with Crippen molar-refractivity contribution in [1.82, 2.24) is 20.2 Å². The van der Waals surface area contributed by atoms with Gasteiger partial charge in [-0.1, -0.05) is 0 Å². The van der Waals surface area contributed by atoms with Crippen molar-refractivity contribution in [2.24, 2.45) is 0 Å². The van der Waals surface area contributed by atoms with Gasteiger partial charge in [-0.3, -0.25) is 4.79 Å². The van der Waals surface area contributed by atoms with Gasteiger partial charge in [-0.05, 0) is 19.9 Å². The van der Waals surface area contributed by atoms with Crippen LogP contribution in [0.3, 0.4) is 0 Å². The van der Waals surface area contributed by atoms with Gasteiger partial charge in [0, 0.05) is 42.8 Å². The third-order valence-electron chi connectivity index (χ3n) is 3.59. The summed E-state index contributed by atoms with van der Waals surface area (Å²) in [4.78, 5) is 22.0. The lowest BCUT2D eigenvalue weighted by Crippen LogP contribution is -2.52. The molecule has 6 heteroatoms. The number of nitrogens with zero attached hydrogens (tertiary/aromatic N) is 2. The van der Waals surface area contributed by atoms with E-state index in [0.717, 1.165) is 35.9 Å². The fourth-order valence-corrected chi connectivity index (χ4v) is 3.08. The number of aromatic amines is 1. The summed E-state index contributed by atoms with van der Waals surface area (Å²) in [5, 5.41) is 6.34. The Kier molecular flexibility index (Phi) is 3.58. The summed E-state index contributed by atoms with van der Waals surface area (Å²) in [6.45, 7) is 6.51. The van der Waals surface area contributed by atoms with Gasteiger partial charge in [-0.25, -0.2) is 4.98 Å². The lowest BCUT2D eigenvalue weighted by atomic mass is 10.2. The second-order valence-corrected chi connectivity index (χ2v) is 6.17. The van der Waals surface area contributed by atoms with E-state index in [9.17, 15) is 4.79 Å². The number of hydrogen-bond acceptors (Lipinski definition) is 4. The fraction of sp³-hybridized carbons (Fsp3) is 0.429. The van der Waals surface area contributed by atoms with Crippen molar-refractivity contribution >= 4 is 17.2 Å². The van der Waals surface area contributed by atoms with Crippen molar-refractivity contribution in [2.75, 3.05) is 19.6 Å². The molecule has 1 unspecified atom stereocenters. The lowest BCUT2D eigenvalue weighted by Gasteiger charge is -2.33. The van der Waals surface area contributed by atoms with Gasteiger partial charge in [-0.15, -0.1) is 11.3 Å². The predicted octanol–water partition coefficient (Wildman–Crippen LogP) is 1.88. The molecular formula is C14H18N4OS. The topological polar surface area (TPSA) is 61.0 Å². The van der Waals surface area contributed by atoms with E-state index in [-0.39, 0.29) is 11.9 Å². The molecule has 1 fully saturated rings. The average molecular weight is 290 g/mol. The molecule has 0 spiro atoms. The third kappa shape index (κ3) is 2.48. The number of carbonyl (C=O) groups excluding carboxylic acids is 1. The van der Waals surface area contributed by atoms with Gasteiger partial charge < -0.3 is 15.2 Å². The highest BCUT2D eigenvalue weighted by Crippen LogP contribution is 2.23. The van der Waals surface area contributed by atoms with Crippen molar-refractivity contribution in [3.63, 3.8) is 0 Å². The van der Waals surface area contributed by atoms with E-state index in [2.05, 4.69) is 22.2 Å². The first kappa shape index (κ1) is 13.3. The first-order valence-corrected chi connectivity index (χ1v) is 7.65. The first-order valence-electron chi connectivity index (χ1n) is 6.78. The molecule has 1 amide bonds. The second kappa shape index (κ2) is 5.38. The van der Waals surface area contributed by atoms with E-state index in [4.69, 9.17) is 0 Å². The first-order chi connectivity index (χ1) is 9.65. The van der Waals surface area contributed by atoms with Crippen LogP contribution in [0, 0.1) is 6.92 Å². The maximum atomic E-state index is 12.5. The third-order valence-corrected chi connectivity index (χ3v) is 4.36. The maximum absolute atomic E-state index is 12.5. The normalized spacial score (nSPS) is 19.3. The zero-order valence-corrected chi connectivity index (χ0v) is 12.5. The zero-order valence-electron chi connectivity index (χ0n) is 11.6. The van der Waals surface area contributed by atoms with E-state index in [0.29, 0.717) is 5.69 Å². The van der Waals surface area contributed by atoms with Crippen LogP contribution in [0.5, 0.6) is 0 Å². The number of amides is 1. The van der Waals surface area contributed by atoms with Crippen LogP contribution in [0.25, 0.3) is 11.3 Å². The van der Waals surface area contributed by atoms with Gasteiger partial charge in [-0.2, -0.15) is 0 Å². The highest BCUT2D eigenvalue weighted by molar-refractivity contribution is 7.09. The summed E-state index contributed by atoms with van der Waals surface area (Å²) in [6.07, 6.45) is 1.86. The Morgan fingerprint density at radius 3 is 3.10 bits per heavy atom. The van der Waals surface area contributed by atoms with Crippen LogP contribution >= 0.6 is 11.3 Å². The molecular weight excluding hydrogens is 272 g/mol. The molecule has 1 aliphatic heterocycles. The van der Waals surface area contributed by atoms with E-state index >= 15 is 0 Å². The van der Waals surface area contributed by atoms with Crippen molar-refractivity contribution in [1.29, 1.82) is 0 Å². The highest BCUT2D eigenvalue weighted by atomic mass is 32.1. The standard InChI is InChI=1S/C14H18N4OS/c1-9-6-15-3-4-18(9)14(19)12-5-11(7-16-12)13-8-20-10(2)17-13/h5,7-9,15-16H,3-4,6H2,1-2H3. The van der Waals surface area contributed by atoms with Crippen LogP contribution in [0.4, 0.5) is 0 Å². The van der Waals surface area contributed by atoms with Gasteiger partial charge in [0.2, 0.25) is 0 Å². The molecule has 106 valence electrons. The molecule has 0 saturated carbocycles. The Balaban J connectivity index is 1.81. The minimum Gasteiger partial charge on any atom is -0.357 e. The van der Waals surface area contributed by atoms with Crippen LogP contribution in [-0.4, -0.2) is 46.5 Å². The summed E-state index contributed by atoms with van der Waals surface area (Å²) in [6, 6.07) is 2.12. The number of aromatic nitrogens is 2. The van der Waals surface area contributed by atoms with E-state index in [1.165, 1.54) is 0 Å². The Labute approximate surface area is 122 Å². The van der Waals surface area contributed by atoms with Crippen molar-refractivity contribution in [3.8, 4) is 11.3 Å². The number of rotatable bonds is 2. The number of hydrogen-bond donors (Lipinski definition) is 2. The van der Waals surface area contributed by atoms with Crippen LogP contribution in [0.15, 0.2) is 17.6 Å². The van der Waals surface area contributed by atoms with Crippen molar-refractivity contribution < 1.29 is 4.79 Å². The fourth-order valence-electron chi connectivity index (χ4n) is 2.46. The van der Waals surface area contributed by atoms with E-state index < -0.39 is 0 Å². The monoisotopic (exact) mass is 290 g/mol.